The highest BCUT2D eigenvalue weighted by Crippen LogP contribution is 2.39. The molecule has 2 N–H and O–H groups in total. The number of nitrogens with zero attached hydrogens (tertiary/aromatic N) is 5. The summed E-state index contributed by atoms with van der Waals surface area (Å²) in [5, 5.41) is 35.7. The Kier molecular flexibility index (Phi) is 20.8. The molecule has 15 atom stereocenters. The molecule has 2 saturated heterocycles. The molecule has 17 nitrogen and oxygen atoms in total. The van der Waals surface area contributed by atoms with Gasteiger partial charge in [0.1, 0.15) is 30.1 Å². The number of rotatable bonds is 7. The van der Waals surface area contributed by atoms with Crippen molar-refractivity contribution in [2.45, 2.75) is 180 Å². The van der Waals surface area contributed by atoms with Crippen LogP contribution in [0.2, 0.25) is 0 Å². The molecule has 1 aliphatic carbocycles. The van der Waals surface area contributed by atoms with E-state index >= 15 is 0 Å². The van der Waals surface area contributed by atoms with Gasteiger partial charge in [-0.1, -0.05) is 71.1 Å². The summed E-state index contributed by atoms with van der Waals surface area (Å²) >= 11 is 0. The van der Waals surface area contributed by atoms with Crippen molar-refractivity contribution in [1.82, 2.24) is 25.1 Å². The normalized spacial score (nSPS) is 38.8. The summed E-state index contributed by atoms with van der Waals surface area (Å²) in [5.74, 6) is -7.94. The zero-order chi connectivity index (χ0) is 50.6. The molecule has 1 aromatic rings. The predicted molar refractivity (Wildman–Crippen MR) is 256 cm³/mol. The van der Waals surface area contributed by atoms with Crippen molar-refractivity contribution in [3.63, 3.8) is 0 Å². The third kappa shape index (κ3) is 14.2. The number of ketones is 3. The van der Waals surface area contributed by atoms with Crippen molar-refractivity contribution in [2.75, 3.05) is 27.9 Å². The number of esters is 1. The first kappa shape index (κ1) is 55.7. The highest BCUT2D eigenvalue weighted by Gasteiger charge is 2.53. The van der Waals surface area contributed by atoms with Crippen LogP contribution in [0.1, 0.15) is 132 Å². The van der Waals surface area contributed by atoms with Crippen molar-refractivity contribution in [1.29, 1.82) is 0 Å². The van der Waals surface area contributed by atoms with Crippen LogP contribution < -0.4 is 0 Å². The Balaban J connectivity index is 1.46. The van der Waals surface area contributed by atoms with Gasteiger partial charge in [0, 0.05) is 58.5 Å². The fraction of sp³-hybridized carbons (Fsp3) is 0.731. The average Bonchev–Trinajstić information content (AvgIpc) is 3.88. The van der Waals surface area contributed by atoms with Crippen LogP contribution >= 0.6 is 0 Å². The molecular weight excluding hydrogens is 887 g/mol. The van der Waals surface area contributed by atoms with Crippen molar-refractivity contribution in [3.8, 4) is 0 Å². The molecule has 2 bridgehead atoms. The molecule has 4 aliphatic rings. The summed E-state index contributed by atoms with van der Waals surface area (Å²) in [6.07, 6.45) is 13.7. The monoisotopic (exact) mass is 966 g/mol. The fourth-order valence-corrected chi connectivity index (χ4v) is 10.7. The number of methoxy groups -OCH3 is 3. The zero-order valence-electron chi connectivity index (χ0n) is 42.5. The van der Waals surface area contributed by atoms with Gasteiger partial charge >= 0.3 is 5.97 Å². The Bertz CT molecular complexity index is 2020. The van der Waals surface area contributed by atoms with Gasteiger partial charge in [-0.05, 0) is 112 Å². The van der Waals surface area contributed by atoms with Gasteiger partial charge in [-0.15, -0.1) is 10.2 Å². The molecule has 0 spiro atoms. The van der Waals surface area contributed by atoms with Crippen LogP contribution in [0.15, 0.2) is 53.9 Å². The minimum absolute atomic E-state index is 0.0168. The molecule has 0 radical (unpaired) electrons. The minimum Gasteiger partial charge on any atom is -0.460 e. The van der Waals surface area contributed by atoms with Crippen LogP contribution in [0.3, 0.4) is 0 Å². The molecule has 1 amide bonds. The summed E-state index contributed by atoms with van der Waals surface area (Å²) in [7, 11) is 4.61. The van der Waals surface area contributed by atoms with Gasteiger partial charge < -0.3 is 38.8 Å². The summed E-state index contributed by atoms with van der Waals surface area (Å²) < 4.78 is 29.9. The maximum atomic E-state index is 14.5. The lowest BCUT2D eigenvalue weighted by molar-refractivity contribution is -0.265. The minimum atomic E-state index is -2.43. The van der Waals surface area contributed by atoms with E-state index in [2.05, 4.69) is 15.4 Å². The van der Waals surface area contributed by atoms with E-state index in [4.69, 9.17) is 23.7 Å². The van der Waals surface area contributed by atoms with Crippen molar-refractivity contribution in [3.05, 3.63) is 53.9 Å². The molecular formula is C52H79N5O12. The molecule has 0 unspecified atom stereocenters. The lowest BCUT2D eigenvalue weighted by Gasteiger charge is -2.42. The number of Topliss-reactive ketones (excluding diaryl/α,β-unsaturated/α-hetero) is 3. The predicted octanol–water partition coefficient (Wildman–Crippen LogP) is 6.05. The number of carbonyl (C=O) groups excluding carboxylic acids is 5. The van der Waals surface area contributed by atoms with Crippen molar-refractivity contribution >= 4 is 29.2 Å². The topological polar surface area (TPSA) is 219 Å². The Morgan fingerprint density at radius 1 is 0.884 bits per heavy atom. The van der Waals surface area contributed by atoms with Gasteiger partial charge in [0.2, 0.25) is 5.79 Å². The van der Waals surface area contributed by atoms with E-state index in [-0.39, 0.29) is 60.9 Å². The number of aliphatic hydroxyl groups excluding tert-OH is 1. The molecule has 1 aromatic heterocycles. The van der Waals surface area contributed by atoms with E-state index in [0.29, 0.717) is 56.9 Å². The number of aromatic nitrogens is 4. The number of hydrogen-bond acceptors (Lipinski definition) is 15. The van der Waals surface area contributed by atoms with E-state index in [1.807, 2.05) is 58.1 Å². The highest BCUT2D eigenvalue weighted by atomic mass is 16.6. The van der Waals surface area contributed by atoms with E-state index in [0.717, 1.165) is 18.4 Å². The molecule has 1 saturated carbocycles. The van der Waals surface area contributed by atoms with E-state index < -0.39 is 77.8 Å². The highest BCUT2D eigenvalue weighted by molar-refractivity contribution is 6.39. The first-order valence-electron chi connectivity index (χ1n) is 25.0. The molecule has 3 fully saturated rings. The number of aliphatic hydroxyl groups is 2. The SMILES string of the molecule is CO[C@H]1C[C@@H]2CC[C@@H](C)[C@@](O)(O2)C(=O)C(=O)N2CCCC[C@H]2C(=O)O[C@H]([C@H](C)C[C@H]2CC[C@@H](n3ncnn3)[C@H](OC)C2)CC(=O)[C@H](C)/C=C(\C)[C@@H](O)[C@@H](OC)C(=O)[C@H](C)C[C@H](C)\C=C/C=C/C=C/1C. The number of carbonyl (C=O) groups is 5. The second-order valence-electron chi connectivity index (χ2n) is 20.3. The van der Waals surface area contributed by atoms with Crippen molar-refractivity contribution in [2.24, 2.45) is 35.5 Å². The summed E-state index contributed by atoms with van der Waals surface area (Å²) in [4.78, 5) is 73.9. The van der Waals surface area contributed by atoms with E-state index in [1.165, 1.54) is 18.3 Å². The summed E-state index contributed by atoms with van der Waals surface area (Å²) in [6, 6.07) is -1.24. The molecule has 69 heavy (non-hydrogen) atoms. The van der Waals surface area contributed by atoms with Gasteiger partial charge in [-0.2, -0.15) is 4.80 Å². The standard InChI is InChI=1S/C52H79N5O12/c1-31-16-12-11-13-17-32(2)43(65-8)28-39-21-19-37(7)52(64,69-39)49(61)50(62)56-23-15-14-18-41(56)51(63)68-44(34(4)26-38-20-22-40(45(27-38)66-9)57-54-30-53-55-57)29-42(58)33(3)25-36(6)47(60)48(67-10)46(59)35(5)24-31/h11-13,16-17,25,30-31,33-35,37-41,43-45,47-48,60,64H,14-15,18-24,26-29H2,1-10H3/b13-11+,16-12-,32-17+,36-25+/t31-,33-,34-,35-,37-,38-,39+,40-,41+,43+,44+,45-,47-,48+,52-/m1/s1. The van der Waals surface area contributed by atoms with Crippen LogP contribution in [-0.2, 0) is 47.7 Å². The smallest absolute Gasteiger partial charge is 0.329 e. The fourth-order valence-electron chi connectivity index (χ4n) is 10.7. The number of fused-ring (bicyclic) bond motifs is 3. The third-order valence-electron chi connectivity index (χ3n) is 15.1. The summed E-state index contributed by atoms with van der Waals surface area (Å²) in [6.45, 7) is 12.8. The van der Waals surface area contributed by atoms with Crippen LogP contribution in [0, 0.1) is 35.5 Å². The number of allylic oxidation sites excluding steroid dienone is 6. The number of ether oxygens (including phenoxy) is 5. The Hall–Kier alpha value is -4.26. The van der Waals surface area contributed by atoms with Crippen molar-refractivity contribution < 1.29 is 57.9 Å². The van der Waals surface area contributed by atoms with Crippen LogP contribution in [-0.4, -0.2) is 141 Å². The summed E-state index contributed by atoms with van der Waals surface area (Å²) in [5.41, 5.74) is 1.27. The van der Waals surface area contributed by atoms with Gasteiger partial charge in [-0.3, -0.25) is 19.2 Å². The van der Waals surface area contributed by atoms with E-state index in [1.54, 1.807) is 45.9 Å². The number of tetrazole rings is 1. The molecule has 3 aliphatic heterocycles. The quantitative estimate of drug-likeness (QED) is 0.181. The zero-order valence-corrected chi connectivity index (χ0v) is 42.5. The second-order valence-corrected chi connectivity index (χ2v) is 20.3. The van der Waals surface area contributed by atoms with Gasteiger partial charge in [0.05, 0.1) is 24.4 Å². The van der Waals surface area contributed by atoms with Gasteiger partial charge in [0.15, 0.2) is 12.1 Å². The molecule has 17 heteroatoms. The average molecular weight is 966 g/mol. The van der Waals surface area contributed by atoms with Crippen LogP contribution in [0.4, 0.5) is 0 Å². The largest absolute Gasteiger partial charge is 0.460 e. The lowest BCUT2D eigenvalue weighted by atomic mass is 9.77. The first-order chi connectivity index (χ1) is 32.8. The van der Waals surface area contributed by atoms with Gasteiger partial charge in [0.25, 0.3) is 11.7 Å². The van der Waals surface area contributed by atoms with Crippen LogP contribution in [0.5, 0.6) is 0 Å². The number of cyclic esters (lactones) is 1. The third-order valence-corrected chi connectivity index (χ3v) is 15.1. The maximum Gasteiger partial charge on any atom is 0.329 e. The molecule has 384 valence electrons. The number of amides is 1. The molecule has 4 heterocycles. The number of piperidine rings is 1. The molecule has 5 rings (SSSR count). The Labute approximate surface area is 408 Å². The second kappa shape index (κ2) is 25.7. The maximum absolute atomic E-state index is 14.5. The number of hydrogen-bond donors (Lipinski definition) is 2. The first-order valence-corrected chi connectivity index (χ1v) is 25.0. The van der Waals surface area contributed by atoms with E-state index in [9.17, 15) is 34.2 Å². The lowest BCUT2D eigenvalue weighted by Crippen LogP contribution is -2.61. The Morgan fingerprint density at radius 3 is 2.32 bits per heavy atom. The Morgan fingerprint density at radius 2 is 1.64 bits per heavy atom. The molecule has 0 aromatic carbocycles. The van der Waals surface area contributed by atoms with Crippen LogP contribution in [0.25, 0.3) is 0 Å². The van der Waals surface area contributed by atoms with Gasteiger partial charge in [-0.25, -0.2) is 4.79 Å².